The number of carbonyl (C=O) groups is 3. The molecule has 3 heterocycles. The number of nitrogens with zero attached hydrogens (tertiary/aromatic N) is 4. The molecule has 0 fully saturated rings. The number of nitrogens with one attached hydrogen (secondary N) is 1. The number of benzene rings is 1. The van der Waals surface area contributed by atoms with E-state index in [1.807, 2.05) is 0 Å². The number of urea groups is 1. The highest BCUT2D eigenvalue weighted by atomic mass is 35.5. The van der Waals surface area contributed by atoms with Crippen molar-refractivity contribution < 1.29 is 28.3 Å². The fraction of sp³-hybridized carbons (Fsp3) is 0.368. The highest BCUT2D eigenvalue weighted by molar-refractivity contribution is 6.31. The van der Waals surface area contributed by atoms with Crippen molar-refractivity contribution >= 4 is 35.3 Å². The van der Waals surface area contributed by atoms with Gasteiger partial charge in [0.05, 0.1) is 23.8 Å². The molecular weight excluding hydrogens is 447 g/mol. The summed E-state index contributed by atoms with van der Waals surface area (Å²) in [5.74, 6) is -1.02. The van der Waals surface area contributed by atoms with Gasteiger partial charge in [-0.3, -0.25) is 14.3 Å². The molecule has 0 aliphatic carbocycles. The Labute approximate surface area is 186 Å². The van der Waals surface area contributed by atoms with Crippen LogP contribution in [0.1, 0.15) is 21.7 Å². The zero-order valence-electron chi connectivity index (χ0n) is 17.0. The summed E-state index contributed by atoms with van der Waals surface area (Å²) in [6.45, 7) is 0.532. The molecule has 4 rings (SSSR count). The number of halogens is 2. The summed E-state index contributed by atoms with van der Waals surface area (Å²) < 4.78 is 19.7. The van der Waals surface area contributed by atoms with Crippen molar-refractivity contribution in [3.8, 4) is 0 Å². The minimum atomic E-state index is -0.948. The molecule has 2 aliphatic rings. The molecule has 0 saturated carbocycles. The monoisotopic (exact) mass is 466 g/mol. The third-order valence-corrected chi connectivity index (χ3v) is 5.43. The average Bonchev–Trinajstić information content (AvgIpc) is 3.05. The van der Waals surface area contributed by atoms with E-state index in [9.17, 15) is 18.8 Å². The van der Waals surface area contributed by atoms with Crippen molar-refractivity contribution in [1.29, 1.82) is 0 Å². The Balaban J connectivity index is 1.53. The number of rotatable bonds is 3. The fourth-order valence-electron chi connectivity index (χ4n) is 3.65. The zero-order valence-corrected chi connectivity index (χ0v) is 17.8. The van der Waals surface area contributed by atoms with Crippen molar-refractivity contribution in [2.24, 2.45) is 5.73 Å². The minimum absolute atomic E-state index is 0.103. The lowest BCUT2D eigenvalue weighted by Gasteiger charge is -2.27. The second-order valence-corrected chi connectivity index (χ2v) is 7.75. The first-order valence-corrected chi connectivity index (χ1v) is 10.1. The van der Waals surface area contributed by atoms with E-state index in [1.165, 1.54) is 28.8 Å². The number of amides is 4. The topological polar surface area (TPSA) is 132 Å². The Morgan fingerprint density at radius 3 is 2.94 bits per heavy atom. The predicted octanol–water partition coefficient (Wildman–Crippen LogP) is 1.75. The minimum Gasteiger partial charge on any atom is -0.447 e. The standard InChI is InChI=1S/C19H20ClFN6O5/c1-25-17(28)16-12-8-26(19(30)23-10-2-3-14(21)13(20)6-10)5-4-15(12)24-27(16)7-11(32-25)9-31-18(22)29/h2-3,6,11H,4-5,7-9H2,1H3,(H2,22,29)(H,23,30). The van der Waals surface area contributed by atoms with Crippen molar-refractivity contribution in [2.45, 2.75) is 25.6 Å². The zero-order chi connectivity index (χ0) is 23.0. The van der Waals surface area contributed by atoms with Crippen LogP contribution in [-0.2, 0) is 29.1 Å². The normalized spacial score (nSPS) is 18.0. The first kappa shape index (κ1) is 21.8. The molecule has 0 radical (unpaired) electrons. The highest BCUT2D eigenvalue weighted by Crippen LogP contribution is 2.27. The predicted molar refractivity (Wildman–Crippen MR) is 109 cm³/mol. The van der Waals surface area contributed by atoms with E-state index in [0.717, 1.165) is 11.1 Å². The molecule has 2 aliphatic heterocycles. The maximum atomic E-state index is 13.4. The van der Waals surface area contributed by atoms with Gasteiger partial charge in [0.2, 0.25) is 0 Å². The van der Waals surface area contributed by atoms with Gasteiger partial charge in [0, 0.05) is 31.3 Å². The molecular formula is C19H20ClFN6O5. The summed E-state index contributed by atoms with van der Waals surface area (Å²) in [7, 11) is 1.44. The van der Waals surface area contributed by atoms with Gasteiger partial charge in [-0.1, -0.05) is 11.6 Å². The largest absolute Gasteiger partial charge is 0.447 e. The molecule has 0 bridgehead atoms. The van der Waals surface area contributed by atoms with Gasteiger partial charge in [0.15, 0.2) is 0 Å². The SMILES string of the molecule is CN1OC(COC(N)=O)Cn2nc3c(c2C1=O)CN(C(=O)Nc1ccc(F)c(Cl)c1)CC3. The van der Waals surface area contributed by atoms with Crippen LogP contribution in [0.25, 0.3) is 0 Å². The molecule has 2 aromatic rings. The Morgan fingerprint density at radius 1 is 1.44 bits per heavy atom. The highest BCUT2D eigenvalue weighted by Gasteiger charge is 2.35. The summed E-state index contributed by atoms with van der Waals surface area (Å²) in [6, 6.07) is 3.47. The number of ether oxygens (including phenoxy) is 1. The van der Waals surface area contributed by atoms with E-state index in [1.54, 1.807) is 0 Å². The second kappa shape index (κ2) is 8.63. The molecule has 0 saturated heterocycles. The lowest BCUT2D eigenvalue weighted by molar-refractivity contribution is -0.159. The first-order chi connectivity index (χ1) is 15.2. The molecule has 32 heavy (non-hydrogen) atoms. The number of hydroxylamine groups is 2. The Kier molecular flexibility index (Phi) is 5.89. The van der Waals surface area contributed by atoms with Gasteiger partial charge >= 0.3 is 12.1 Å². The van der Waals surface area contributed by atoms with Crippen molar-refractivity contribution in [3.63, 3.8) is 0 Å². The fourth-order valence-corrected chi connectivity index (χ4v) is 3.83. The molecule has 1 aromatic heterocycles. The first-order valence-electron chi connectivity index (χ1n) is 9.69. The van der Waals surface area contributed by atoms with Crippen LogP contribution in [0.2, 0.25) is 5.02 Å². The summed E-state index contributed by atoms with van der Waals surface area (Å²) in [5.41, 5.74) is 6.97. The summed E-state index contributed by atoms with van der Waals surface area (Å²) in [6.07, 6.45) is -1.18. The van der Waals surface area contributed by atoms with E-state index in [-0.39, 0.29) is 24.7 Å². The number of aromatic nitrogens is 2. The number of hydrogen-bond donors (Lipinski definition) is 2. The molecule has 1 unspecified atom stereocenters. The Hall–Kier alpha value is -3.38. The van der Waals surface area contributed by atoms with E-state index in [2.05, 4.69) is 10.4 Å². The third kappa shape index (κ3) is 4.32. The van der Waals surface area contributed by atoms with Crippen LogP contribution in [0.5, 0.6) is 0 Å². The number of carbonyl (C=O) groups excluding carboxylic acids is 3. The number of nitrogens with two attached hydrogens (primary N) is 1. The van der Waals surface area contributed by atoms with Gasteiger partial charge in [-0.2, -0.15) is 5.10 Å². The molecule has 1 atom stereocenters. The second-order valence-electron chi connectivity index (χ2n) is 7.35. The number of anilines is 1. The molecule has 11 nitrogen and oxygen atoms in total. The van der Waals surface area contributed by atoms with Crippen LogP contribution in [0.4, 0.5) is 19.7 Å². The molecule has 4 amide bonds. The van der Waals surface area contributed by atoms with E-state index >= 15 is 0 Å². The van der Waals surface area contributed by atoms with Crippen LogP contribution in [0.3, 0.4) is 0 Å². The molecule has 170 valence electrons. The van der Waals surface area contributed by atoms with Gasteiger partial charge in [-0.25, -0.2) is 19.0 Å². The number of fused-ring (bicyclic) bond motifs is 3. The lowest BCUT2D eigenvalue weighted by atomic mass is 10.1. The molecule has 0 spiro atoms. The van der Waals surface area contributed by atoms with Gasteiger partial charge in [0.25, 0.3) is 5.91 Å². The maximum Gasteiger partial charge on any atom is 0.404 e. The summed E-state index contributed by atoms with van der Waals surface area (Å²) in [4.78, 5) is 43.7. The summed E-state index contributed by atoms with van der Waals surface area (Å²) >= 11 is 5.77. The van der Waals surface area contributed by atoms with Crippen molar-refractivity contribution in [1.82, 2.24) is 19.7 Å². The molecule has 1 aromatic carbocycles. The van der Waals surface area contributed by atoms with Crippen LogP contribution in [0, 0.1) is 5.82 Å². The number of primary amides is 1. The van der Waals surface area contributed by atoms with Crippen LogP contribution < -0.4 is 11.1 Å². The van der Waals surface area contributed by atoms with Gasteiger partial charge in [0.1, 0.15) is 24.2 Å². The van der Waals surface area contributed by atoms with Crippen molar-refractivity contribution in [3.05, 3.63) is 46.0 Å². The van der Waals surface area contributed by atoms with E-state index in [4.69, 9.17) is 26.9 Å². The lowest BCUT2D eigenvalue weighted by Crippen LogP contribution is -2.39. The third-order valence-electron chi connectivity index (χ3n) is 5.14. The maximum absolute atomic E-state index is 13.4. The van der Waals surface area contributed by atoms with Gasteiger partial charge < -0.3 is 20.7 Å². The average molecular weight is 467 g/mol. The Bertz CT molecular complexity index is 1090. The smallest absolute Gasteiger partial charge is 0.404 e. The number of hydrogen-bond acceptors (Lipinski definition) is 6. The van der Waals surface area contributed by atoms with Crippen LogP contribution >= 0.6 is 11.6 Å². The Morgan fingerprint density at radius 2 is 2.22 bits per heavy atom. The summed E-state index contributed by atoms with van der Waals surface area (Å²) in [5, 5.41) is 8.14. The van der Waals surface area contributed by atoms with Crippen LogP contribution in [-0.4, -0.2) is 64.1 Å². The van der Waals surface area contributed by atoms with E-state index < -0.39 is 30.0 Å². The van der Waals surface area contributed by atoms with Gasteiger partial charge in [-0.15, -0.1) is 0 Å². The van der Waals surface area contributed by atoms with E-state index in [0.29, 0.717) is 35.6 Å². The molecule has 13 heteroatoms. The quantitative estimate of drug-likeness (QED) is 0.708. The van der Waals surface area contributed by atoms with Crippen molar-refractivity contribution in [2.75, 3.05) is 25.5 Å². The van der Waals surface area contributed by atoms with Gasteiger partial charge in [-0.05, 0) is 18.2 Å². The van der Waals surface area contributed by atoms with Crippen LogP contribution in [0.15, 0.2) is 18.2 Å². The molecule has 3 N–H and O–H groups in total.